The summed E-state index contributed by atoms with van der Waals surface area (Å²) in [5, 5.41) is 3.45. The number of fused-ring (bicyclic) bond motifs is 1. The van der Waals surface area contributed by atoms with Crippen LogP contribution in [-0.4, -0.2) is 40.6 Å². The van der Waals surface area contributed by atoms with Crippen LogP contribution in [0.1, 0.15) is 56.4 Å². The van der Waals surface area contributed by atoms with Crippen molar-refractivity contribution in [1.29, 1.82) is 0 Å². The maximum atomic E-state index is 4.89. The topological polar surface area (TPSA) is 33.1 Å². The monoisotopic (exact) mass is 276 g/mol. The quantitative estimate of drug-likeness (QED) is 0.914. The lowest BCUT2D eigenvalue weighted by atomic mass is 10.0. The molecule has 4 heteroatoms. The van der Waals surface area contributed by atoms with E-state index >= 15 is 0 Å². The van der Waals surface area contributed by atoms with E-state index in [1.165, 1.54) is 56.1 Å². The molecule has 0 bridgehead atoms. The maximum absolute atomic E-state index is 4.89. The van der Waals surface area contributed by atoms with Crippen molar-refractivity contribution in [2.24, 2.45) is 0 Å². The van der Waals surface area contributed by atoms with E-state index < -0.39 is 0 Å². The molecule has 3 heterocycles. The highest BCUT2D eigenvalue weighted by molar-refractivity contribution is 5.21. The average Bonchev–Trinajstić information content (AvgIpc) is 2.87. The molecule has 0 aromatic carbocycles. The molecule has 112 valence electrons. The van der Waals surface area contributed by atoms with E-state index in [4.69, 9.17) is 4.98 Å². The van der Waals surface area contributed by atoms with E-state index in [0.717, 1.165) is 25.9 Å². The molecule has 4 nitrogen and oxygen atoms in total. The fourth-order valence-corrected chi connectivity index (χ4v) is 3.79. The van der Waals surface area contributed by atoms with Crippen molar-refractivity contribution in [2.45, 2.75) is 58.5 Å². The molecule has 1 aromatic rings. The smallest absolute Gasteiger partial charge is 0.109 e. The molecule has 0 amide bonds. The lowest BCUT2D eigenvalue weighted by Crippen LogP contribution is -2.36. The van der Waals surface area contributed by atoms with Crippen LogP contribution in [0.2, 0.25) is 0 Å². The first-order chi connectivity index (χ1) is 9.83. The molecule has 1 N–H and O–H groups in total. The second-order valence-electron chi connectivity index (χ2n) is 6.14. The van der Waals surface area contributed by atoms with E-state index in [-0.39, 0.29) is 0 Å². The van der Waals surface area contributed by atoms with Crippen LogP contribution in [0.15, 0.2) is 0 Å². The average molecular weight is 276 g/mol. The second-order valence-corrected chi connectivity index (χ2v) is 6.14. The number of aromatic nitrogens is 2. The number of aryl methyl sites for hydroxylation is 1. The third-order valence-electron chi connectivity index (χ3n) is 4.78. The van der Waals surface area contributed by atoms with Crippen molar-refractivity contribution in [1.82, 2.24) is 19.8 Å². The summed E-state index contributed by atoms with van der Waals surface area (Å²) in [5.41, 5.74) is 2.83. The van der Waals surface area contributed by atoms with Gasteiger partial charge in [0.15, 0.2) is 0 Å². The highest BCUT2D eigenvalue weighted by Gasteiger charge is 2.26. The minimum atomic E-state index is 0.687. The summed E-state index contributed by atoms with van der Waals surface area (Å²) in [7, 11) is 0. The molecule has 1 aromatic heterocycles. The first-order valence-electron chi connectivity index (χ1n) is 8.35. The molecule has 0 aliphatic carbocycles. The summed E-state index contributed by atoms with van der Waals surface area (Å²) in [5.74, 6) is 1.31. The van der Waals surface area contributed by atoms with Gasteiger partial charge in [-0.25, -0.2) is 4.98 Å². The van der Waals surface area contributed by atoms with Crippen LogP contribution >= 0.6 is 0 Å². The van der Waals surface area contributed by atoms with Gasteiger partial charge in [-0.3, -0.25) is 0 Å². The number of rotatable bonds is 4. The van der Waals surface area contributed by atoms with Crippen LogP contribution in [0.3, 0.4) is 0 Å². The lowest BCUT2D eigenvalue weighted by molar-refractivity contribution is 0.183. The van der Waals surface area contributed by atoms with Crippen LogP contribution in [0, 0.1) is 0 Å². The molecule has 20 heavy (non-hydrogen) atoms. The van der Waals surface area contributed by atoms with Gasteiger partial charge in [0.1, 0.15) is 5.82 Å². The predicted molar refractivity (Wildman–Crippen MR) is 82.0 cm³/mol. The summed E-state index contributed by atoms with van der Waals surface area (Å²) in [6.45, 7) is 10.4. The number of nitrogens with zero attached hydrogens (tertiary/aromatic N) is 3. The molecule has 0 spiro atoms. The molecular weight excluding hydrogens is 248 g/mol. The van der Waals surface area contributed by atoms with Gasteiger partial charge in [0.2, 0.25) is 0 Å². The van der Waals surface area contributed by atoms with Gasteiger partial charge >= 0.3 is 0 Å². The van der Waals surface area contributed by atoms with E-state index in [0.29, 0.717) is 6.04 Å². The van der Waals surface area contributed by atoms with E-state index in [1.54, 1.807) is 0 Å². The minimum Gasteiger partial charge on any atom is -0.329 e. The molecule has 1 saturated heterocycles. The van der Waals surface area contributed by atoms with E-state index in [2.05, 4.69) is 28.6 Å². The lowest BCUT2D eigenvalue weighted by Gasteiger charge is -2.34. The van der Waals surface area contributed by atoms with Gasteiger partial charge in [-0.1, -0.05) is 13.8 Å². The summed E-state index contributed by atoms with van der Waals surface area (Å²) >= 11 is 0. The Labute approximate surface area is 122 Å². The Hall–Kier alpha value is -0.870. The molecule has 0 saturated carbocycles. The molecular formula is C16H28N4. The third kappa shape index (κ3) is 2.63. The summed E-state index contributed by atoms with van der Waals surface area (Å²) in [6, 6.07) is 0.687. The standard InChI is InChI=1S/C16H28N4/c1-3-9-19-10-6-13(7-11-19)20-15-5-8-17-12-14(15)18-16(20)4-2/h13,17H,3-12H2,1-2H3. The van der Waals surface area contributed by atoms with Gasteiger partial charge in [0.25, 0.3) is 0 Å². The molecule has 0 unspecified atom stereocenters. The number of imidazole rings is 1. The zero-order chi connectivity index (χ0) is 13.9. The van der Waals surface area contributed by atoms with E-state index in [9.17, 15) is 0 Å². The molecule has 3 rings (SSSR count). The first-order valence-corrected chi connectivity index (χ1v) is 8.35. The Balaban J connectivity index is 1.78. The fourth-order valence-electron chi connectivity index (χ4n) is 3.79. The molecule has 2 aliphatic heterocycles. The Morgan fingerprint density at radius 1 is 1.25 bits per heavy atom. The van der Waals surface area contributed by atoms with Crippen molar-refractivity contribution in [3.63, 3.8) is 0 Å². The molecule has 0 radical (unpaired) electrons. The molecule has 1 fully saturated rings. The van der Waals surface area contributed by atoms with Crippen molar-refractivity contribution in [3.05, 3.63) is 17.2 Å². The fraction of sp³-hybridized carbons (Fsp3) is 0.812. The maximum Gasteiger partial charge on any atom is 0.109 e. The van der Waals surface area contributed by atoms with Crippen LogP contribution in [0.5, 0.6) is 0 Å². The number of hydrogen-bond donors (Lipinski definition) is 1. The van der Waals surface area contributed by atoms with Gasteiger partial charge in [0.05, 0.1) is 5.69 Å². The second kappa shape index (κ2) is 6.27. The highest BCUT2D eigenvalue weighted by Crippen LogP contribution is 2.29. The normalized spacial score (nSPS) is 21.1. The van der Waals surface area contributed by atoms with Crippen LogP contribution < -0.4 is 5.32 Å². The Kier molecular flexibility index (Phi) is 4.41. The summed E-state index contributed by atoms with van der Waals surface area (Å²) < 4.78 is 2.61. The molecule has 0 atom stereocenters. The van der Waals surface area contributed by atoms with Gasteiger partial charge in [0, 0.05) is 50.8 Å². The number of likely N-dealkylation sites (tertiary alicyclic amines) is 1. The van der Waals surface area contributed by atoms with Crippen molar-refractivity contribution in [3.8, 4) is 0 Å². The summed E-state index contributed by atoms with van der Waals surface area (Å²) in [6.07, 6.45) is 6.07. The van der Waals surface area contributed by atoms with Crippen LogP contribution in [0.25, 0.3) is 0 Å². The van der Waals surface area contributed by atoms with E-state index in [1.807, 2.05) is 0 Å². The number of hydrogen-bond acceptors (Lipinski definition) is 3. The molecule has 2 aliphatic rings. The highest BCUT2D eigenvalue weighted by atomic mass is 15.2. The van der Waals surface area contributed by atoms with Crippen LogP contribution in [-0.2, 0) is 19.4 Å². The van der Waals surface area contributed by atoms with Crippen molar-refractivity contribution >= 4 is 0 Å². The number of nitrogens with one attached hydrogen (secondary N) is 1. The Morgan fingerprint density at radius 3 is 2.75 bits per heavy atom. The van der Waals surface area contributed by atoms with Crippen molar-refractivity contribution < 1.29 is 0 Å². The largest absolute Gasteiger partial charge is 0.329 e. The first kappa shape index (κ1) is 14.1. The van der Waals surface area contributed by atoms with Gasteiger partial charge in [-0.2, -0.15) is 0 Å². The predicted octanol–water partition coefficient (Wildman–Crippen LogP) is 2.14. The zero-order valence-corrected chi connectivity index (χ0v) is 13.0. The Bertz CT molecular complexity index is 444. The van der Waals surface area contributed by atoms with Crippen molar-refractivity contribution in [2.75, 3.05) is 26.2 Å². The minimum absolute atomic E-state index is 0.687. The third-order valence-corrected chi connectivity index (χ3v) is 4.78. The summed E-state index contributed by atoms with van der Waals surface area (Å²) in [4.78, 5) is 7.50. The Morgan fingerprint density at radius 2 is 2.05 bits per heavy atom. The SMILES string of the molecule is CCCN1CCC(n2c(CC)nc3c2CCNC3)CC1. The van der Waals surface area contributed by atoms with Gasteiger partial charge < -0.3 is 14.8 Å². The van der Waals surface area contributed by atoms with Gasteiger partial charge in [-0.15, -0.1) is 0 Å². The van der Waals surface area contributed by atoms with Crippen LogP contribution in [0.4, 0.5) is 0 Å². The zero-order valence-electron chi connectivity index (χ0n) is 13.0. The van der Waals surface area contributed by atoms with Gasteiger partial charge in [-0.05, 0) is 25.8 Å². The number of piperidine rings is 1.